The number of urea groups is 1. The van der Waals surface area contributed by atoms with E-state index in [-0.39, 0.29) is 12.8 Å². The summed E-state index contributed by atoms with van der Waals surface area (Å²) >= 11 is 0. The van der Waals surface area contributed by atoms with Gasteiger partial charge in [-0.25, -0.2) is 4.79 Å². The van der Waals surface area contributed by atoms with E-state index in [0.29, 0.717) is 12.5 Å². The van der Waals surface area contributed by atoms with Gasteiger partial charge in [0, 0.05) is 13.0 Å². The lowest BCUT2D eigenvalue weighted by Crippen LogP contribution is -2.41. The summed E-state index contributed by atoms with van der Waals surface area (Å²) in [6, 6.07) is -0.556. The first kappa shape index (κ1) is 14.2. The molecule has 0 bridgehead atoms. The summed E-state index contributed by atoms with van der Waals surface area (Å²) in [5, 5.41) is 13.1. The van der Waals surface area contributed by atoms with Crippen molar-refractivity contribution in [1.82, 2.24) is 10.6 Å². The Morgan fingerprint density at radius 3 is 2.61 bits per heavy atom. The number of rotatable bonds is 5. The van der Waals surface area contributed by atoms with E-state index in [2.05, 4.69) is 22.8 Å². The Morgan fingerprint density at radius 2 is 2.00 bits per heavy atom. The van der Waals surface area contributed by atoms with Crippen molar-refractivity contribution in [3.8, 4) is 0 Å². The van der Waals surface area contributed by atoms with Crippen molar-refractivity contribution in [3.05, 3.63) is 12.2 Å². The lowest BCUT2D eigenvalue weighted by molar-refractivity contribution is -0.138. The Balaban J connectivity index is 2.14. The molecule has 0 aromatic carbocycles. The molecule has 0 saturated heterocycles. The van der Waals surface area contributed by atoms with Crippen LogP contribution in [-0.4, -0.2) is 29.6 Å². The van der Waals surface area contributed by atoms with Crippen LogP contribution in [0, 0.1) is 5.92 Å². The van der Waals surface area contributed by atoms with Gasteiger partial charge in [0.1, 0.15) is 0 Å². The summed E-state index contributed by atoms with van der Waals surface area (Å²) in [6.45, 7) is 0.530. The molecule has 0 radical (unpaired) electrons. The van der Waals surface area contributed by atoms with E-state index in [1.54, 1.807) is 0 Å². The normalized spacial score (nSPS) is 18.1. The van der Waals surface area contributed by atoms with Crippen LogP contribution in [0.2, 0.25) is 0 Å². The topological polar surface area (TPSA) is 95.5 Å². The first-order valence-corrected chi connectivity index (χ1v) is 6.02. The maximum atomic E-state index is 11.3. The van der Waals surface area contributed by atoms with Gasteiger partial charge in [-0.1, -0.05) is 12.2 Å². The summed E-state index contributed by atoms with van der Waals surface area (Å²) < 4.78 is 0. The summed E-state index contributed by atoms with van der Waals surface area (Å²) in [4.78, 5) is 32.7. The first-order valence-electron chi connectivity index (χ1n) is 6.02. The smallest absolute Gasteiger partial charge is 0.321 e. The molecule has 0 fully saturated rings. The van der Waals surface area contributed by atoms with E-state index in [1.165, 1.54) is 0 Å². The molecule has 0 aromatic rings. The predicted molar refractivity (Wildman–Crippen MR) is 64.9 cm³/mol. The van der Waals surface area contributed by atoms with Crippen LogP contribution >= 0.6 is 0 Å². The molecule has 1 unspecified atom stereocenters. The van der Waals surface area contributed by atoms with E-state index in [0.717, 1.165) is 19.3 Å². The standard InChI is InChI=1S/C12H18N2O4/c15-10(6-7-11(16)17)14-12(18)13-8-9-4-2-1-3-5-9/h1-2,9H,3-8H2,(H,16,17)(H2,13,14,15,18). The molecular formula is C12H18N2O4. The van der Waals surface area contributed by atoms with Gasteiger partial charge in [0.05, 0.1) is 6.42 Å². The highest BCUT2D eigenvalue weighted by Crippen LogP contribution is 2.16. The van der Waals surface area contributed by atoms with Gasteiger partial charge in [0.2, 0.25) is 5.91 Å². The van der Waals surface area contributed by atoms with Gasteiger partial charge in [-0.3, -0.25) is 14.9 Å². The fourth-order valence-corrected chi connectivity index (χ4v) is 1.73. The predicted octanol–water partition coefficient (Wildman–Crippen LogP) is 1.03. The van der Waals surface area contributed by atoms with Crippen LogP contribution < -0.4 is 10.6 Å². The largest absolute Gasteiger partial charge is 0.481 e. The molecule has 3 N–H and O–H groups in total. The van der Waals surface area contributed by atoms with Crippen LogP contribution in [0.4, 0.5) is 4.79 Å². The number of imide groups is 1. The number of hydrogen-bond acceptors (Lipinski definition) is 3. The molecule has 1 rings (SSSR count). The lowest BCUT2D eigenvalue weighted by Gasteiger charge is -2.18. The molecule has 1 atom stereocenters. The highest BCUT2D eigenvalue weighted by Gasteiger charge is 2.13. The maximum absolute atomic E-state index is 11.3. The van der Waals surface area contributed by atoms with Gasteiger partial charge in [-0.2, -0.15) is 0 Å². The molecule has 0 saturated carbocycles. The maximum Gasteiger partial charge on any atom is 0.321 e. The summed E-state index contributed by atoms with van der Waals surface area (Å²) in [7, 11) is 0. The second-order valence-electron chi connectivity index (χ2n) is 4.30. The molecule has 6 nitrogen and oxygen atoms in total. The van der Waals surface area contributed by atoms with E-state index in [9.17, 15) is 14.4 Å². The van der Waals surface area contributed by atoms with Crippen molar-refractivity contribution in [1.29, 1.82) is 0 Å². The van der Waals surface area contributed by atoms with E-state index >= 15 is 0 Å². The van der Waals surface area contributed by atoms with Crippen LogP contribution in [-0.2, 0) is 9.59 Å². The van der Waals surface area contributed by atoms with Crippen molar-refractivity contribution < 1.29 is 19.5 Å². The highest BCUT2D eigenvalue weighted by atomic mass is 16.4. The Bertz CT molecular complexity index is 352. The molecule has 100 valence electrons. The number of amides is 3. The molecule has 0 aliphatic heterocycles. The molecule has 0 aromatic heterocycles. The lowest BCUT2D eigenvalue weighted by atomic mass is 9.94. The molecule has 1 aliphatic carbocycles. The fourth-order valence-electron chi connectivity index (χ4n) is 1.73. The minimum atomic E-state index is -1.06. The number of allylic oxidation sites excluding steroid dienone is 2. The van der Waals surface area contributed by atoms with E-state index < -0.39 is 17.9 Å². The van der Waals surface area contributed by atoms with Crippen LogP contribution in [0.15, 0.2) is 12.2 Å². The van der Waals surface area contributed by atoms with Gasteiger partial charge in [0.25, 0.3) is 0 Å². The van der Waals surface area contributed by atoms with Crippen LogP contribution in [0.25, 0.3) is 0 Å². The highest BCUT2D eigenvalue weighted by molar-refractivity contribution is 5.95. The first-order chi connectivity index (χ1) is 8.58. The van der Waals surface area contributed by atoms with Gasteiger partial charge in [-0.05, 0) is 25.2 Å². The van der Waals surface area contributed by atoms with Crippen molar-refractivity contribution in [3.63, 3.8) is 0 Å². The minimum absolute atomic E-state index is 0.186. The quantitative estimate of drug-likeness (QED) is 0.638. The zero-order valence-electron chi connectivity index (χ0n) is 10.1. The summed E-state index contributed by atoms with van der Waals surface area (Å²) in [6.07, 6.45) is 6.74. The summed E-state index contributed by atoms with van der Waals surface area (Å²) in [5.74, 6) is -1.21. The average Bonchev–Trinajstić information content (AvgIpc) is 2.35. The minimum Gasteiger partial charge on any atom is -0.481 e. The number of hydrogen-bond donors (Lipinski definition) is 3. The number of carboxylic acid groups (broad SMARTS) is 1. The Hall–Kier alpha value is -1.85. The molecular weight excluding hydrogens is 236 g/mol. The number of carbonyl (C=O) groups excluding carboxylic acids is 2. The zero-order valence-corrected chi connectivity index (χ0v) is 10.1. The number of nitrogens with one attached hydrogen (secondary N) is 2. The van der Waals surface area contributed by atoms with Gasteiger partial charge in [0.15, 0.2) is 0 Å². The third kappa shape index (κ3) is 6.03. The van der Waals surface area contributed by atoms with Gasteiger partial charge < -0.3 is 10.4 Å². The zero-order chi connectivity index (χ0) is 13.4. The van der Waals surface area contributed by atoms with Crippen molar-refractivity contribution >= 4 is 17.9 Å². The average molecular weight is 254 g/mol. The van der Waals surface area contributed by atoms with Crippen LogP contribution in [0.1, 0.15) is 32.1 Å². The molecule has 18 heavy (non-hydrogen) atoms. The number of carbonyl (C=O) groups is 3. The van der Waals surface area contributed by atoms with Crippen LogP contribution in [0.3, 0.4) is 0 Å². The molecule has 6 heteroatoms. The number of carboxylic acids is 1. The molecule has 0 spiro atoms. The second-order valence-corrected chi connectivity index (χ2v) is 4.30. The van der Waals surface area contributed by atoms with Crippen molar-refractivity contribution in [2.24, 2.45) is 5.92 Å². The fraction of sp³-hybridized carbons (Fsp3) is 0.583. The Labute approximate surface area is 105 Å². The van der Waals surface area contributed by atoms with Crippen molar-refractivity contribution in [2.45, 2.75) is 32.1 Å². The monoisotopic (exact) mass is 254 g/mol. The Morgan fingerprint density at radius 1 is 1.22 bits per heavy atom. The Kier molecular flexibility index (Phi) is 5.90. The van der Waals surface area contributed by atoms with Gasteiger partial charge >= 0.3 is 12.0 Å². The second kappa shape index (κ2) is 7.47. The van der Waals surface area contributed by atoms with E-state index in [4.69, 9.17) is 5.11 Å². The third-order valence-corrected chi connectivity index (χ3v) is 2.75. The molecule has 1 aliphatic rings. The van der Waals surface area contributed by atoms with Gasteiger partial charge in [-0.15, -0.1) is 0 Å². The van der Waals surface area contributed by atoms with Crippen LogP contribution in [0.5, 0.6) is 0 Å². The SMILES string of the molecule is O=C(O)CCC(=O)NC(=O)NCC1CC=CCC1. The van der Waals surface area contributed by atoms with Crippen molar-refractivity contribution in [2.75, 3.05) is 6.54 Å². The summed E-state index contributed by atoms with van der Waals surface area (Å²) in [5.41, 5.74) is 0. The molecule has 0 heterocycles. The third-order valence-electron chi connectivity index (χ3n) is 2.75. The van der Waals surface area contributed by atoms with E-state index in [1.807, 2.05) is 0 Å². The molecule has 3 amide bonds. The number of aliphatic carboxylic acids is 1.